The predicted octanol–water partition coefficient (Wildman–Crippen LogP) is 5.02. The van der Waals surface area contributed by atoms with Crippen LogP contribution in [-0.4, -0.2) is 18.0 Å². The third-order valence-electron chi connectivity index (χ3n) is 3.18. The van der Waals surface area contributed by atoms with Crippen LogP contribution in [0.1, 0.15) is 38.2 Å². The highest BCUT2D eigenvalue weighted by atomic mass is 79.9. The van der Waals surface area contributed by atoms with Gasteiger partial charge in [-0.2, -0.15) is 0 Å². The predicted molar refractivity (Wildman–Crippen MR) is 78.3 cm³/mol. The molecule has 3 heteroatoms. The number of methoxy groups -OCH3 is 1. The summed E-state index contributed by atoms with van der Waals surface area (Å²) in [4.78, 5) is 0. The monoisotopic (exact) mass is 318 g/mol. The van der Waals surface area contributed by atoms with E-state index < -0.39 is 0 Å². The van der Waals surface area contributed by atoms with Crippen molar-refractivity contribution in [1.82, 2.24) is 0 Å². The van der Waals surface area contributed by atoms with E-state index in [0.717, 1.165) is 23.2 Å². The molecular weight excluding hydrogens is 300 g/mol. The normalized spacial score (nSPS) is 13.7. The SMILES string of the molecule is COC(C)(C)CCC(CBr)c1ccccc1Cl. The molecule has 0 aliphatic heterocycles. The van der Waals surface area contributed by atoms with Crippen LogP contribution in [0.25, 0.3) is 0 Å². The zero-order valence-corrected chi connectivity index (χ0v) is 13.0. The second-order valence-electron chi connectivity index (χ2n) is 4.88. The first-order chi connectivity index (χ1) is 8.00. The van der Waals surface area contributed by atoms with Gasteiger partial charge in [-0.15, -0.1) is 0 Å². The number of hydrogen-bond donors (Lipinski definition) is 0. The summed E-state index contributed by atoms with van der Waals surface area (Å²) in [6.07, 6.45) is 2.08. The Morgan fingerprint density at radius 3 is 2.53 bits per heavy atom. The smallest absolute Gasteiger partial charge is 0.0623 e. The molecule has 0 aliphatic rings. The highest BCUT2D eigenvalue weighted by molar-refractivity contribution is 9.09. The number of hydrogen-bond acceptors (Lipinski definition) is 1. The topological polar surface area (TPSA) is 9.23 Å². The summed E-state index contributed by atoms with van der Waals surface area (Å²) < 4.78 is 5.45. The van der Waals surface area contributed by atoms with Gasteiger partial charge in [-0.1, -0.05) is 45.7 Å². The van der Waals surface area contributed by atoms with E-state index >= 15 is 0 Å². The van der Waals surface area contributed by atoms with Crippen molar-refractivity contribution < 1.29 is 4.74 Å². The minimum Gasteiger partial charge on any atom is -0.379 e. The van der Waals surface area contributed by atoms with E-state index in [9.17, 15) is 0 Å². The van der Waals surface area contributed by atoms with Crippen molar-refractivity contribution in [2.75, 3.05) is 12.4 Å². The van der Waals surface area contributed by atoms with Gasteiger partial charge in [0.15, 0.2) is 0 Å². The van der Waals surface area contributed by atoms with Crippen molar-refractivity contribution in [3.05, 3.63) is 34.9 Å². The molecule has 1 atom stereocenters. The lowest BCUT2D eigenvalue weighted by Gasteiger charge is -2.25. The van der Waals surface area contributed by atoms with Gasteiger partial charge in [0.25, 0.3) is 0 Å². The fraction of sp³-hybridized carbons (Fsp3) is 0.571. The zero-order chi connectivity index (χ0) is 12.9. The van der Waals surface area contributed by atoms with Crippen molar-refractivity contribution in [2.24, 2.45) is 0 Å². The maximum absolute atomic E-state index is 6.23. The summed E-state index contributed by atoms with van der Waals surface area (Å²) in [7, 11) is 1.76. The summed E-state index contributed by atoms with van der Waals surface area (Å²) in [5.74, 6) is 0.443. The Morgan fingerprint density at radius 1 is 1.35 bits per heavy atom. The maximum atomic E-state index is 6.23. The van der Waals surface area contributed by atoms with Crippen LogP contribution in [0, 0.1) is 0 Å². The minimum absolute atomic E-state index is 0.0678. The van der Waals surface area contributed by atoms with Gasteiger partial charge in [-0.25, -0.2) is 0 Å². The fourth-order valence-electron chi connectivity index (χ4n) is 1.75. The maximum Gasteiger partial charge on any atom is 0.0623 e. The first kappa shape index (κ1) is 15.0. The summed E-state index contributed by atoms with van der Waals surface area (Å²) in [6, 6.07) is 8.07. The van der Waals surface area contributed by atoms with Crippen molar-refractivity contribution in [2.45, 2.75) is 38.2 Å². The van der Waals surface area contributed by atoms with Gasteiger partial charge in [0.2, 0.25) is 0 Å². The third-order valence-corrected chi connectivity index (χ3v) is 4.30. The molecule has 0 saturated carbocycles. The quantitative estimate of drug-likeness (QED) is 0.669. The molecular formula is C14H20BrClO. The standard InChI is InChI=1S/C14H20BrClO/c1-14(2,17-3)9-8-11(10-15)12-6-4-5-7-13(12)16/h4-7,11H,8-10H2,1-3H3. The molecule has 0 radical (unpaired) electrons. The molecule has 0 aromatic heterocycles. The summed E-state index contributed by atoms with van der Waals surface area (Å²) in [6.45, 7) is 4.23. The van der Waals surface area contributed by atoms with Crippen LogP contribution in [0.2, 0.25) is 5.02 Å². The average molecular weight is 320 g/mol. The molecule has 0 bridgehead atoms. The Bertz CT molecular complexity index is 352. The molecule has 17 heavy (non-hydrogen) atoms. The van der Waals surface area contributed by atoms with Crippen molar-refractivity contribution in [3.8, 4) is 0 Å². The Kier molecular flexibility index (Phi) is 5.98. The summed E-state index contributed by atoms with van der Waals surface area (Å²) >= 11 is 9.81. The van der Waals surface area contributed by atoms with Gasteiger partial charge in [0, 0.05) is 17.5 Å². The molecule has 0 N–H and O–H groups in total. The highest BCUT2D eigenvalue weighted by Crippen LogP contribution is 2.31. The Balaban J connectivity index is 2.70. The van der Waals surface area contributed by atoms with E-state index in [0.29, 0.717) is 5.92 Å². The molecule has 1 nitrogen and oxygen atoms in total. The van der Waals surface area contributed by atoms with E-state index in [2.05, 4.69) is 35.8 Å². The first-order valence-corrected chi connectivity index (χ1v) is 7.35. The first-order valence-electron chi connectivity index (χ1n) is 5.85. The second-order valence-corrected chi connectivity index (χ2v) is 5.93. The van der Waals surface area contributed by atoms with E-state index in [1.54, 1.807) is 7.11 Å². The number of alkyl halides is 1. The van der Waals surface area contributed by atoms with E-state index in [1.165, 1.54) is 5.56 Å². The lowest BCUT2D eigenvalue weighted by Crippen LogP contribution is -2.23. The number of ether oxygens (including phenoxy) is 1. The molecule has 0 spiro atoms. The van der Waals surface area contributed by atoms with Crippen LogP contribution in [-0.2, 0) is 4.74 Å². The summed E-state index contributed by atoms with van der Waals surface area (Å²) in [5, 5.41) is 1.78. The van der Waals surface area contributed by atoms with Crippen LogP contribution >= 0.6 is 27.5 Å². The van der Waals surface area contributed by atoms with Gasteiger partial charge in [-0.05, 0) is 44.2 Å². The van der Waals surface area contributed by atoms with Crippen LogP contribution < -0.4 is 0 Å². The van der Waals surface area contributed by atoms with E-state index in [-0.39, 0.29) is 5.60 Å². The molecule has 0 fully saturated rings. The zero-order valence-electron chi connectivity index (χ0n) is 10.7. The number of benzene rings is 1. The molecule has 96 valence electrons. The number of halogens is 2. The minimum atomic E-state index is -0.0678. The molecule has 1 aromatic rings. The van der Waals surface area contributed by atoms with Crippen LogP contribution in [0.3, 0.4) is 0 Å². The lowest BCUT2D eigenvalue weighted by molar-refractivity contribution is 0.0128. The van der Waals surface area contributed by atoms with Crippen LogP contribution in [0.15, 0.2) is 24.3 Å². The second kappa shape index (κ2) is 6.77. The van der Waals surface area contributed by atoms with Crippen molar-refractivity contribution in [3.63, 3.8) is 0 Å². The molecule has 0 aliphatic carbocycles. The molecule has 0 heterocycles. The van der Waals surface area contributed by atoms with Crippen LogP contribution in [0.5, 0.6) is 0 Å². The van der Waals surface area contributed by atoms with Crippen LogP contribution in [0.4, 0.5) is 0 Å². The fourth-order valence-corrected chi connectivity index (χ4v) is 2.71. The largest absolute Gasteiger partial charge is 0.379 e. The molecule has 1 rings (SSSR count). The Morgan fingerprint density at radius 2 is 2.00 bits per heavy atom. The molecule has 1 aromatic carbocycles. The van der Waals surface area contributed by atoms with E-state index in [4.69, 9.17) is 16.3 Å². The van der Waals surface area contributed by atoms with Gasteiger partial charge < -0.3 is 4.74 Å². The van der Waals surface area contributed by atoms with Gasteiger partial charge >= 0.3 is 0 Å². The molecule has 1 unspecified atom stereocenters. The van der Waals surface area contributed by atoms with Gasteiger partial charge in [0.1, 0.15) is 0 Å². The number of rotatable bonds is 6. The third kappa shape index (κ3) is 4.61. The average Bonchev–Trinajstić information content (AvgIpc) is 2.32. The van der Waals surface area contributed by atoms with Gasteiger partial charge in [-0.3, -0.25) is 0 Å². The molecule has 0 saturated heterocycles. The Labute approximate surface area is 118 Å². The van der Waals surface area contributed by atoms with Crippen molar-refractivity contribution in [1.29, 1.82) is 0 Å². The Hall–Kier alpha value is -0.0500. The summed E-state index contributed by atoms with van der Waals surface area (Å²) in [5.41, 5.74) is 1.15. The lowest BCUT2D eigenvalue weighted by atomic mass is 9.91. The van der Waals surface area contributed by atoms with E-state index in [1.807, 2.05) is 18.2 Å². The van der Waals surface area contributed by atoms with Crippen molar-refractivity contribution >= 4 is 27.5 Å². The highest BCUT2D eigenvalue weighted by Gasteiger charge is 2.20. The molecule has 0 amide bonds. The van der Waals surface area contributed by atoms with Gasteiger partial charge in [0.05, 0.1) is 5.60 Å².